The van der Waals surface area contributed by atoms with Crippen molar-refractivity contribution in [3.05, 3.63) is 59.7 Å². The summed E-state index contributed by atoms with van der Waals surface area (Å²) in [6, 6.07) is 15.8. The highest BCUT2D eigenvalue weighted by Crippen LogP contribution is 2.44. The van der Waals surface area contributed by atoms with Crippen LogP contribution in [0.1, 0.15) is 56.6 Å². The Labute approximate surface area is 193 Å². The topological polar surface area (TPSA) is 95.9 Å². The number of hydrogen-bond acceptors (Lipinski definition) is 4. The normalized spacial score (nSPS) is 20.5. The van der Waals surface area contributed by atoms with Crippen molar-refractivity contribution >= 4 is 18.0 Å². The maximum Gasteiger partial charge on any atom is 0.407 e. The molecular formula is C26H30N2O5. The third-order valence-electron chi connectivity index (χ3n) is 6.84. The van der Waals surface area contributed by atoms with E-state index in [1.807, 2.05) is 24.3 Å². The van der Waals surface area contributed by atoms with Crippen LogP contribution in [0.5, 0.6) is 0 Å². The van der Waals surface area contributed by atoms with Crippen LogP contribution < -0.4 is 5.32 Å². The van der Waals surface area contributed by atoms with E-state index >= 15 is 0 Å². The van der Waals surface area contributed by atoms with Crippen molar-refractivity contribution < 1.29 is 24.2 Å². The van der Waals surface area contributed by atoms with Gasteiger partial charge in [-0.3, -0.25) is 4.79 Å². The minimum absolute atomic E-state index is 0.0209. The number of nitrogens with one attached hydrogen (secondary N) is 1. The van der Waals surface area contributed by atoms with E-state index in [1.54, 1.807) is 13.8 Å². The molecule has 1 saturated heterocycles. The molecular weight excluding hydrogens is 420 g/mol. The van der Waals surface area contributed by atoms with Gasteiger partial charge in [-0.15, -0.1) is 0 Å². The van der Waals surface area contributed by atoms with Crippen molar-refractivity contribution in [2.45, 2.75) is 57.0 Å². The van der Waals surface area contributed by atoms with Gasteiger partial charge in [0.1, 0.15) is 12.1 Å². The molecule has 0 bridgehead atoms. The number of ether oxygens (including phenoxy) is 1. The summed E-state index contributed by atoms with van der Waals surface area (Å²) < 4.78 is 5.55. The number of carboxylic acid groups (broad SMARTS) is 1. The average molecular weight is 451 g/mol. The summed E-state index contributed by atoms with van der Waals surface area (Å²) in [6.07, 6.45) is 1.43. The van der Waals surface area contributed by atoms with Crippen LogP contribution >= 0.6 is 0 Å². The van der Waals surface area contributed by atoms with Crippen LogP contribution in [0.2, 0.25) is 0 Å². The van der Waals surface area contributed by atoms with Gasteiger partial charge in [0.05, 0.1) is 0 Å². The minimum atomic E-state index is -1.20. The lowest BCUT2D eigenvalue weighted by Crippen LogP contribution is -2.58. The van der Waals surface area contributed by atoms with Gasteiger partial charge >= 0.3 is 12.1 Å². The van der Waals surface area contributed by atoms with Crippen LogP contribution in [0.15, 0.2) is 48.5 Å². The lowest BCUT2D eigenvalue weighted by molar-refractivity contribution is -0.161. The molecule has 1 fully saturated rings. The lowest BCUT2D eigenvalue weighted by Gasteiger charge is -2.42. The zero-order chi connectivity index (χ0) is 23.6. The van der Waals surface area contributed by atoms with Crippen molar-refractivity contribution in [1.82, 2.24) is 10.2 Å². The molecule has 0 radical (unpaired) electrons. The molecule has 1 aliphatic carbocycles. The number of amides is 2. The van der Waals surface area contributed by atoms with Crippen LogP contribution in [0.25, 0.3) is 11.1 Å². The molecule has 2 atom stereocenters. The zero-order valence-corrected chi connectivity index (χ0v) is 19.0. The quantitative estimate of drug-likeness (QED) is 0.689. The zero-order valence-electron chi connectivity index (χ0n) is 19.0. The van der Waals surface area contributed by atoms with Crippen molar-refractivity contribution in [1.29, 1.82) is 0 Å². The largest absolute Gasteiger partial charge is 0.480 e. The number of carboxylic acids is 1. The number of aliphatic carboxylic acids is 1. The van der Waals surface area contributed by atoms with Gasteiger partial charge in [0, 0.05) is 24.9 Å². The van der Waals surface area contributed by atoms with Gasteiger partial charge < -0.3 is 20.1 Å². The highest BCUT2D eigenvalue weighted by Gasteiger charge is 2.44. The van der Waals surface area contributed by atoms with Gasteiger partial charge in [0.25, 0.3) is 0 Å². The molecule has 33 heavy (non-hydrogen) atoms. The number of hydrogen-bond donors (Lipinski definition) is 2. The smallest absolute Gasteiger partial charge is 0.407 e. The first kappa shape index (κ1) is 22.8. The number of rotatable bonds is 6. The Morgan fingerprint density at radius 1 is 1.09 bits per heavy atom. The molecule has 7 nitrogen and oxygen atoms in total. The highest BCUT2D eigenvalue weighted by atomic mass is 16.5. The van der Waals surface area contributed by atoms with E-state index < -0.39 is 23.6 Å². The van der Waals surface area contributed by atoms with Gasteiger partial charge in [0.2, 0.25) is 5.91 Å². The molecule has 2 aliphatic rings. The molecule has 1 aliphatic heterocycles. The molecule has 2 aromatic carbocycles. The first-order valence-electron chi connectivity index (χ1n) is 11.5. The molecule has 2 amide bonds. The van der Waals surface area contributed by atoms with E-state index in [4.69, 9.17) is 4.74 Å². The second-order valence-electron chi connectivity index (χ2n) is 9.16. The summed E-state index contributed by atoms with van der Waals surface area (Å²) in [4.78, 5) is 38.5. The molecule has 4 rings (SSSR count). The Bertz CT molecular complexity index is 1020. The molecule has 0 saturated carbocycles. The molecule has 0 aromatic heterocycles. The summed E-state index contributed by atoms with van der Waals surface area (Å²) in [5.74, 6) is -1.30. The highest BCUT2D eigenvalue weighted by molar-refractivity contribution is 5.87. The molecule has 1 unspecified atom stereocenters. The van der Waals surface area contributed by atoms with E-state index in [0.29, 0.717) is 13.0 Å². The molecule has 2 aromatic rings. The Hall–Kier alpha value is -3.35. The van der Waals surface area contributed by atoms with Crippen molar-refractivity contribution in [3.63, 3.8) is 0 Å². The third kappa shape index (κ3) is 4.45. The van der Waals surface area contributed by atoms with Crippen molar-refractivity contribution in [3.8, 4) is 11.1 Å². The van der Waals surface area contributed by atoms with Gasteiger partial charge in [0.15, 0.2) is 0 Å². The second kappa shape index (κ2) is 9.25. The van der Waals surface area contributed by atoms with E-state index in [9.17, 15) is 19.5 Å². The molecule has 0 spiro atoms. The fraction of sp³-hybridized carbons (Fsp3) is 0.423. The van der Waals surface area contributed by atoms with Gasteiger partial charge in [-0.2, -0.15) is 0 Å². The third-order valence-corrected chi connectivity index (χ3v) is 6.84. The monoisotopic (exact) mass is 450 g/mol. The number of likely N-dealkylation sites (tertiary alicyclic amines) is 1. The second-order valence-corrected chi connectivity index (χ2v) is 9.16. The number of carbonyl (C=O) groups excluding carboxylic acids is 2. The van der Waals surface area contributed by atoms with Gasteiger partial charge in [-0.1, -0.05) is 48.5 Å². The number of nitrogens with zero attached hydrogens (tertiary/aromatic N) is 1. The van der Waals surface area contributed by atoms with Crippen LogP contribution in [0.4, 0.5) is 4.79 Å². The Morgan fingerprint density at radius 2 is 1.70 bits per heavy atom. The number of carbonyl (C=O) groups is 3. The summed E-state index contributed by atoms with van der Waals surface area (Å²) in [5, 5.41) is 12.3. The number of piperidine rings is 1. The molecule has 174 valence electrons. The van der Waals surface area contributed by atoms with E-state index in [2.05, 4.69) is 29.6 Å². The Balaban J connectivity index is 1.34. The fourth-order valence-electron chi connectivity index (χ4n) is 5.01. The predicted molar refractivity (Wildman–Crippen MR) is 124 cm³/mol. The SMILES string of the molecule is C[C@H](CC(=O)N1CCCCC1(C)C(=O)O)NC(=O)OCC1c2ccccc2-c2ccccc21. The number of benzene rings is 2. The fourth-order valence-corrected chi connectivity index (χ4v) is 5.01. The Kier molecular flexibility index (Phi) is 6.40. The van der Waals surface area contributed by atoms with Gasteiger partial charge in [-0.25, -0.2) is 9.59 Å². The summed E-state index contributed by atoms with van der Waals surface area (Å²) in [7, 11) is 0. The molecule has 7 heteroatoms. The van der Waals surface area contributed by atoms with E-state index in [-0.39, 0.29) is 24.9 Å². The maximum atomic E-state index is 12.8. The first-order chi connectivity index (χ1) is 15.8. The average Bonchev–Trinajstić information content (AvgIpc) is 3.11. The van der Waals surface area contributed by atoms with Crippen LogP contribution in [-0.2, 0) is 14.3 Å². The minimum Gasteiger partial charge on any atom is -0.480 e. The van der Waals surface area contributed by atoms with Crippen LogP contribution in [0, 0.1) is 0 Å². The van der Waals surface area contributed by atoms with Crippen molar-refractivity contribution in [2.75, 3.05) is 13.2 Å². The standard InChI is InChI=1S/C26H30N2O5/c1-17(15-23(29)28-14-8-7-13-26(28,2)24(30)31)27-25(32)33-16-22-20-11-5-3-9-18(20)19-10-4-6-12-21(19)22/h3-6,9-12,17,22H,7-8,13-16H2,1-2H3,(H,27,32)(H,30,31)/t17-,26?/m1/s1. The number of alkyl carbamates (subject to hydrolysis) is 1. The summed E-state index contributed by atoms with van der Waals surface area (Å²) in [6.45, 7) is 3.93. The van der Waals surface area contributed by atoms with E-state index in [1.165, 1.54) is 4.90 Å². The maximum absolute atomic E-state index is 12.8. The van der Waals surface area contributed by atoms with Crippen molar-refractivity contribution in [2.24, 2.45) is 0 Å². The predicted octanol–water partition coefficient (Wildman–Crippen LogP) is 4.16. The summed E-state index contributed by atoms with van der Waals surface area (Å²) in [5.41, 5.74) is 3.38. The van der Waals surface area contributed by atoms with Crippen LogP contribution in [0.3, 0.4) is 0 Å². The Morgan fingerprint density at radius 3 is 2.30 bits per heavy atom. The van der Waals surface area contributed by atoms with E-state index in [0.717, 1.165) is 35.1 Å². The number of fused-ring (bicyclic) bond motifs is 3. The molecule has 2 N–H and O–H groups in total. The lowest BCUT2D eigenvalue weighted by atomic mass is 9.88. The van der Waals surface area contributed by atoms with Crippen LogP contribution in [-0.4, -0.2) is 52.7 Å². The summed E-state index contributed by atoms with van der Waals surface area (Å²) >= 11 is 0. The molecule has 1 heterocycles. The first-order valence-corrected chi connectivity index (χ1v) is 11.5. The van der Waals surface area contributed by atoms with Gasteiger partial charge in [-0.05, 0) is 55.4 Å².